The smallest absolute Gasteiger partial charge is 0.192 e. The highest BCUT2D eigenvalue weighted by Crippen LogP contribution is 2.41. The molecule has 2 nitrogen and oxygen atoms in total. The van der Waals surface area contributed by atoms with E-state index in [1.54, 1.807) is 0 Å². The van der Waals surface area contributed by atoms with Crippen LogP contribution in [0.1, 0.15) is 108 Å². The van der Waals surface area contributed by atoms with Gasteiger partial charge in [-0.3, -0.25) is 0 Å². The summed E-state index contributed by atoms with van der Waals surface area (Å²) < 4.78 is 13.1. The van der Waals surface area contributed by atoms with E-state index in [1.807, 2.05) is 0 Å². The minimum absolute atomic E-state index is 0.0186. The molecule has 0 aromatic rings. The van der Waals surface area contributed by atoms with Crippen molar-refractivity contribution in [2.45, 2.75) is 150 Å². The van der Waals surface area contributed by atoms with E-state index in [4.69, 9.17) is 8.85 Å². The molecule has 0 N–H and O–H groups in total. The summed E-state index contributed by atoms with van der Waals surface area (Å²) in [6.07, 6.45) is 6.12. The molecule has 0 fully saturated rings. The van der Waals surface area contributed by atoms with Gasteiger partial charge in [-0.25, -0.2) is 0 Å². The van der Waals surface area contributed by atoms with Crippen molar-refractivity contribution in [3.8, 4) is 0 Å². The second-order valence-electron chi connectivity index (χ2n) is 14.3. The first kappa shape index (κ1) is 30.4. The van der Waals surface area contributed by atoms with Crippen LogP contribution in [-0.4, -0.2) is 28.8 Å². The average molecular weight is 459 g/mol. The first-order valence-electron chi connectivity index (χ1n) is 12.4. The predicted octanol–water partition coefficient (Wildman–Crippen LogP) is 9.42. The Morgan fingerprint density at radius 1 is 0.700 bits per heavy atom. The van der Waals surface area contributed by atoms with Gasteiger partial charge in [-0.1, -0.05) is 75.2 Å². The van der Waals surface area contributed by atoms with Crippen LogP contribution in [0.4, 0.5) is 0 Å². The molecule has 0 spiro atoms. The van der Waals surface area contributed by atoms with Crippen LogP contribution in [-0.2, 0) is 8.85 Å². The van der Waals surface area contributed by atoms with Crippen molar-refractivity contribution in [3.05, 3.63) is 0 Å². The zero-order chi connectivity index (χ0) is 24.2. The largest absolute Gasteiger partial charge is 0.417 e. The summed E-state index contributed by atoms with van der Waals surface area (Å²) in [6, 6.07) is 0. The van der Waals surface area contributed by atoms with Gasteiger partial charge in [-0.05, 0) is 80.7 Å². The Hall–Kier alpha value is 0.354. The summed E-state index contributed by atoms with van der Waals surface area (Å²) in [6.45, 7) is 36.2. The van der Waals surface area contributed by atoms with E-state index in [0.717, 1.165) is 25.4 Å². The monoisotopic (exact) mass is 458 g/mol. The van der Waals surface area contributed by atoms with E-state index in [2.05, 4.69) is 102 Å². The van der Waals surface area contributed by atoms with Crippen molar-refractivity contribution in [3.63, 3.8) is 0 Å². The molecule has 0 unspecified atom stereocenters. The van der Waals surface area contributed by atoms with Gasteiger partial charge in [0.05, 0.1) is 5.60 Å². The minimum atomic E-state index is -1.71. The van der Waals surface area contributed by atoms with Gasteiger partial charge >= 0.3 is 0 Å². The molecular weight excluding hydrogens is 400 g/mol. The fourth-order valence-electron chi connectivity index (χ4n) is 3.72. The second-order valence-corrected chi connectivity index (χ2v) is 23.9. The summed E-state index contributed by atoms with van der Waals surface area (Å²) in [4.78, 5) is 0. The van der Waals surface area contributed by atoms with Gasteiger partial charge in [0.1, 0.15) is 0 Å². The Bertz CT molecular complexity index is 508. The molecule has 0 aliphatic carbocycles. The summed E-state index contributed by atoms with van der Waals surface area (Å²) in [5.74, 6) is 0.747. The van der Waals surface area contributed by atoms with Gasteiger partial charge in [-0.15, -0.1) is 0 Å². The third-order valence-electron chi connectivity index (χ3n) is 7.76. The van der Waals surface area contributed by atoms with Crippen LogP contribution in [0.3, 0.4) is 0 Å². The van der Waals surface area contributed by atoms with Gasteiger partial charge < -0.3 is 8.85 Å². The van der Waals surface area contributed by atoms with Crippen molar-refractivity contribution < 1.29 is 8.85 Å². The molecule has 0 heterocycles. The van der Waals surface area contributed by atoms with Crippen molar-refractivity contribution in [1.29, 1.82) is 0 Å². The molecule has 0 aromatic heterocycles. The van der Waals surface area contributed by atoms with Gasteiger partial charge in [-0.2, -0.15) is 0 Å². The van der Waals surface area contributed by atoms with Crippen LogP contribution in [0.15, 0.2) is 0 Å². The van der Waals surface area contributed by atoms with Crippen LogP contribution in [0, 0.1) is 11.3 Å². The lowest BCUT2D eigenvalue weighted by Crippen LogP contribution is -2.47. The van der Waals surface area contributed by atoms with Gasteiger partial charge in [0, 0.05) is 6.61 Å². The minimum Gasteiger partial charge on any atom is -0.417 e. The van der Waals surface area contributed by atoms with E-state index in [1.165, 1.54) is 19.3 Å². The average Bonchev–Trinajstić information content (AvgIpc) is 2.41. The summed E-state index contributed by atoms with van der Waals surface area (Å²) >= 11 is 0. The molecule has 0 saturated heterocycles. The Labute approximate surface area is 193 Å². The van der Waals surface area contributed by atoms with Gasteiger partial charge in [0.2, 0.25) is 0 Å². The van der Waals surface area contributed by atoms with Crippen molar-refractivity contribution in [2.24, 2.45) is 11.3 Å². The molecule has 0 aromatic carbocycles. The third-order valence-corrected chi connectivity index (χ3v) is 17.0. The molecular formula is C26H58O2Si2. The van der Waals surface area contributed by atoms with Crippen LogP contribution < -0.4 is 0 Å². The quantitative estimate of drug-likeness (QED) is 0.271. The van der Waals surface area contributed by atoms with E-state index in [0.29, 0.717) is 10.5 Å². The highest BCUT2D eigenvalue weighted by atomic mass is 28.4. The maximum absolute atomic E-state index is 6.71. The third kappa shape index (κ3) is 10.8. The van der Waals surface area contributed by atoms with E-state index < -0.39 is 16.6 Å². The SMILES string of the molecule is C[C@@H](CCCC(C)(C)O[Si](C)(C)C(C)(C)C)CC(C)(C)CCO[Si](C)(C)C(C)(C)C. The molecule has 0 rings (SSSR count). The highest BCUT2D eigenvalue weighted by Gasteiger charge is 2.41. The molecule has 0 bridgehead atoms. The van der Waals surface area contributed by atoms with E-state index >= 15 is 0 Å². The molecule has 0 radical (unpaired) electrons. The topological polar surface area (TPSA) is 18.5 Å². The molecule has 0 amide bonds. The molecule has 0 aliphatic rings. The summed E-state index contributed by atoms with van der Waals surface area (Å²) in [5, 5.41) is 0.567. The second kappa shape index (κ2) is 10.5. The maximum atomic E-state index is 6.71. The highest BCUT2D eigenvalue weighted by molar-refractivity contribution is 6.74. The summed E-state index contributed by atoms with van der Waals surface area (Å²) in [7, 11) is -3.34. The maximum Gasteiger partial charge on any atom is 0.192 e. The first-order valence-corrected chi connectivity index (χ1v) is 18.2. The van der Waals surface area contributed by atoms with Crippen LogP contribution in [0.25, 0.3) is 0 Å². The van der Waals surface area contributed by atoms with Crippen molar-refractivity contribution >= 4 is 16.6 Å². The molecule has 30 heavy (non-hydrogen) atoms. The Morgan fingerprint density at radius 2 is 1.17 bits per heavy atom. The lowest BCUT2D eigenvalue weighted by molar-refractivity contribution is 0.0772. The molecule has 0 aliphatic heterocycles. The molecule has 4 heteroatoms. The van der Waals surface area contributed by atoms with Gasteiger partial charge in [0.25, 0.3) is 0 Å². The molecule has 0 saturated carbocycles. The van der Waals surface area contributed by atoms with Crippen LogP contribution in [0.2, 0.25) is 36.3 Å². The molecule has 182 valence electrons. The Morgan fingerprint density at radius 3 is 1.60 bits per heavy atom. The van der Waals surface area contributed by atoms with Crippen LogP contribution >= 0.6 is 0 Å². The predicted molar refractivity (Wildman–Crippen MR) is 142 cm³/mol. The zero-order valence-corrected chi connectivity index (χ0v) is 25.6. The number of hydrogen-bond acceptors (Lipinski definition) is 2. The lowest BCUT2D eigenvalue weighted by Gasteiger charge is -2.43. The first-order chi connectivity index (χ1) is 13.0. The van der Waals surface area contributed by atoms with E-state index in [-0.39, 0.29) is 10.6 Å². The molecule has 1 atom stereocenters. The van der Waals surface area contributed by atoms with E-state index in [9.17, 15) is 0 Å². The zero-order valence-electron chi connectivity index (χ0n) is 23.6. The van der Waals surface area contributed by atoms with Gasteiger partial charge in [0.15, 0.2) is 16.6 Å². The number of rotatable bonds is 12. The fourth-order valence-corrected chi connectivity index (χ4v) is 6.55. The Kier molecular flexibility index (Phi) is 10.6. The standard InChI is InChI=1S/C26H58O2Si2/c1-22(17-16-18-26(10,11)28-30(14,15)24(5,6)7)21-25(8,9)19-20-27-29(12,13)23(2,3)4/h22H,16-21H2,1-15H3/t22-/m0/s1. The number of hydrogen-bond donors (Lipinski definition) is 0. The summed E-state index contributed by atoms with van der Waals surface area (Å²) in [5.41, 5.74) is 0.324. The normalized spacial score (nSPS) is 16.1. The Balaban J connectivity index is 4.47. The van der Waals surface area contributed by atoms with Crippen LogP contribution in [0.5, 0.6) is 0 Å². The van der Waals surface area contributed by atoms with Crippen molar-refractivity contribution in [1.82, 2.24) is 0 Å². The van der Waals surface area contributed by atoms with Crippen molar-refractivity contribution in [2.75, 3.05) is 6.61 Å². The fraction of sp³-hybridized carbons (Fsp3) is 1.00. The lowest BCUT2D eigenvalue weighted by atomic mass is 9.79.